The zero-order valence-corrected chi connectivity index (χ0v) is 11.8. The lowest BCUT2D eigenvalue weighted by molar-refractivity contribution is -0.0241. The molecule has 2 heterocycles. The summed E-state index contributed by atoms with van der Waals surface area (Å²) in [7, 11) is 0. The third-order valence-corrected chi connectivity index (χ3v) is 2.84. The Labute approximate surface area is 113 Å². The molecule has 1 aromatic heterocycles. The molecule has 0 unspecified atom stereocenters. The lowest BCUT2D eigenvalue weighted by Crippen LogP contribution is -2.46. The lowest BCUT2D eigenvalue weighted by atomic mass is 10.2. The highest BCUT2D eigenvalue weighted by Gasteiger charge is 2.16. The first kappa shape index (κ1) is 13.9. The molecule has 19 heavy (non-hydrogen) atoms. The van der Waals surface area contributed by atoms with Gasteiger partial charge >= 0.3 is 0 Å². The monoisotopic (exact) mass is 266 g/mol. The quantitative estimate of drug-likeness (QED) is 0.660. The van der Waals surface area contributed by atoms with Crippen molar-refractivity contribution in [2.24, 2.45) is 10.7 Å². The van der Waals surface area contributed by atoms with Gasteiger partial charge in [-0.2, -0.15) is 0 Å². The van der Waals surface area contributed by atoms with Gasteiger partial charge in [-0.05, 0) is 27.2 Å². The number of hydrogen-bond donors (Lipinski definition) is 1. The fourth-order valence-electron chi connectivity index (χ4n) is 1.59. The summed E-state index contributed by atoms with van der Waals surface area (Å²) in [6.45, 7) is 8.87. The van der Waals surface area contributed by atoms with E-state index in [2.05, 4.69) is 10.1 Å². The molecule has 106 valence electrons. The van der Waals surface area contributed by atoms with Crippen molar-refractivity contribution in [3.05, 3.63) is 17.5 Å². The van der Waals surface area contributed by atoms with E-state index in [0.29, 0.717) is 24.9 Å². The number of rotatable bonds is 4. The van der Waals surface area contributed by atoms with Crippen LogP contribution in [0.2, 0.25) is 0 Å². The SMILES string of the molecule is CC(C)(C)OCc1cc(CN=C(N)N2CCC2)no1. The summed E-state index contributed by atoms with van der Waals surface area (Å²) in [4.78, 5) is 6.34. The maximum atomic E-state index is 5.84. The molecule has 6 heteroatoms. The van der Waals surface area contributed by atoms with E-state index in [0.717, 1.165) is 18.8 Å². The zero-order chi connectivity index (χ0) is 13.9. The van der Waals surface area contributed by atoms with E-state index in [1.807, 2.05) is 31.7 Å². The second kappa shape index (κ2) is 5.61. The summed E-state index contributed by atoms with van der Waals surface area (Å²) >= 11 is 0. The van der Waals surface area contributed by atoms with Gasteiger partial charge in [0.05, 0.1) is 12.1 Å². The maximum Gasteiger partial charge on any atom is 0.191 e. The first-order valence-electron chi connectivity index (χ1n) is 6.57. The van der Waals surface area contributed by atoms with Crippen molar-refractivity contribution < 1.29 is 9.26 Å². The highest BCUT2D eigenvalue weighted by Crippen LogP contribution is 2.13. The summed E-state index contributed by atoms with van der Waals surface area (Å²) < 4.78 is 10.8. The van der Waals surface area contributed by atoms with Gasteiger partial charge in [-0.1, -0.05) is 5.16 Å². The van der Waals surface area contributed by atoms with Crippen LogP contribution in [0, 0.1) is 0 Å². The molecule has 1 aliphatic rings. The lowest BCUT2D eigenvalue weighted by Gasteiger charge is -2.31. The minimum absolute atomic E-state index is 0.187. The molecule has 0 radical (unpaired) electrons. The Morgan fingerprint density at radius 1 is 1.53 bits per heavy atom. The Morgan fingerprint density at radius 2 is 2.26 bits per heavy atom. The average molecular weight is 266 g/mol. The van der Waals surface area contributed by atoms with Crippen molar-refractivity contribution in [3.63, 3.8) is 0 Å². The van der Waals surface area contributed by atoms with Crippen LogP contribution in [-0.2, 0) is 17.9 Å². The van der Waals surface area contributed by atoms with Crippen LogP contribution in [0.15, 0.2) is 15.6 Å². The third kappa shape index (κ3) is 4.24. The zero-order valence-electron chi connectivity index (χ0n) is 11.8. The summed E-state index contributed by atoms with van der Waals surface area (Å²) in [5.74, 6) is 1.30. The second-order valence-electron chi connectivity index (χ2n) is 5.70. The summed E-state index contributed by atoms with van der Waals surface area (Å²) in [6, 6.07) is 1.86. The number of nitrogens with two attached hydrogens (primary N) is 1. The van der Waals surface area contributed by atoms with Crippen LogP contribution >= 0.6 is 0 Å². The van der Waals surface area contributed by atoms with Gasteiger partial charge < -0.3 is 19.9 Å². The standard InChI is InChI=1S/C13H22N4O2/c1-13(2,3)18-9-11-7-10(16-19-11)8-15-12(14)17-5-4-6-17/h7H,4-6,8-9H2,1-3H3,(H2,14,15). The Bertz CT molecular complexity index is 444. The normalized spacial score (nSPS) is 16.6. The average Bonchev–Trinajstić information content (AvgIpc) is 2.68. The van der Waals surface area contributed by atoms with Crippen LogP contribution in [0.25, 0.3) is 0 Å². The number of aromatic nitrogens is 1. The van der Waals surface area contributed by atoms with Gasteiger partial charge in [0, 0.05) is 19.2 Å². The van der Waals surface area contributed by atoms with E-state index < -0.39 is 0 Å². The predicted octanol–water partition coefficient (Wildman–Crippen LogP) is 1.51. The molecule has 0 atom stereocenters. The minimum atomic E-state index is -0.187. The third-order valence-electron chi connectivity index (χ3n) is 2.84. The second-order valence-corrected chi connectivity index (χ2v) is 5.70. The van der Waals surface area contributed by atoms with Gasteiger partial charge in [-0.25, -0.2) is 4.99 Å². The molecule has 0 saturated carbocycles. The van der Waals surface area contributed by atoms with Gasteiger partial charge in [0.25, 0.3) is 0 Å². The topological polar surface area (TPSA) is 76.9 Å². The summed E-state index contributed by atoms with van der Waals surface area (Å²) in [6.07, 6.45) is 1.19. The molecule has 1 aromatic rings. The number of hydrogen-bond acceptors (Lipinski definition) is 4. The smallest absolute Gasteiger partial charge is 0.191 e. The number of guanidine groups is 1. The Morgan fingerprint density at radius 3 is 2.84 bits per heavy atom. The molecule has 0 amide bonds. The first-order chi connectivity index (χ1) is 8.94. The number of ether oxygens (including phenoxy) is 1. The molecule has 0 bridgehead atoms. The highest BCUT2D eigenvalue weighted by atomic mass is 16.5. The number of likely N-dealkylation sites (tertiary alicyclic amines) is 1. The molecule has 0 aromatic carbocycles. The molecular weight excluding hydrogens is 244 g/mol. The van der Waals surface area contributed by atoms with Crippen LogP contribution in [0.3, 0.4) is 0 Å². The summed E-state index contributed by atoms with van der Waals surface area (Å²) in [5, 5.41) is 3.96. The minimum Gasteiger partial charge on any atom is -0.370 e. The molecule has 2 N–H and O–H groups in total. The fraction of sp³-hybridized carbons (Fsp3) is 0.692. The van der Waals surface area contributed by atoms with Crippen molar-refractivity contribution in [2.75, 3.05) is 13.1 Å². The molecular formula is C13H22N4O2. The Kier molecular flexibility index (Phi) is 4.09. The van der Waals surface area contributed by atoms with E-state index in [1.54, 1.807) is 0 Å². The first-order valence-corrected chi connectivity index (χ1v) is 6.57. The van der Waals surface area contributed by atoms with Crippen molar-refractivity contribution in [3.8, 4) is 0 Å². The summed E-state index contributed by atoms with van der Waals surface area (Å²) in [5.41, 5.74) is 6.43. The van der Waals surface area contributed by atoms with Crippen LogP contribution < -0.4 is 5.73 Å². The molecule has 1 fully saturated rings. The number of aliphatic imine (C=N–C) groups is 1. The maximum absolute atomic E-state index is 5.84. The van der Waals surface area contributed by atoms with Crippen molar-refractivity contribution in [2.45, 2.75) is 45.9 Å². The molecule has 2 rings (SSSR count). The van der Waals surface area contributed by atoms with E-state index in [1.165, 1.54) is 6.42 Å². The van der Waals surface area contributed by atoms with Crippen LogP contribution in [0.1, 0.15) is 38.6 Å². The van der Waals surface area contributed by atoms with Crippen molar-refractivity contribution >= 4 is 5.96 Å². The van der Waals surface area contributed by atoms with E-state index in [9.17, 15) is 0 Å². The largest absolute Gasteiger partial charge is 0.370 e. The van der Waals surface area contributed by atoms with Gasteiger partial charge in [0.1, 0.15) is 12.3 Å². The van der Waals surface area contributed by atoms with Gasteiger partial charge in [0.2, 0.25) is 0 Å². The Balaban J connectivity index is 1.83. The number of nitrogens with zero attached hydrogens (tertiary/aromatic N) is 3. The predicted molar refractivity (Wildman–Crippen MR) is 72.6 cm³/mol. The Hall–Kier alpha value is -1.56. The van der Waals surface area contributed by atoms with Crippen LogP contribution in [0.4, 0.5) is 0 Å². The van der Waals surface area contributed by atoms with Gasteiger partial charge in [-0.3, -0.25) is 0 Å². The highest BCUT2D eigenvalue weighted by molar-refractivity contribution is 5.78. The van der Waals surface area contributed by atoms with E-state index in [4.69, 9.17) is 15.0 Å². The van der Waals surface area contributed by atoms with E-state index in [-0.39, 0.29) is 5.60 Å². The molecule has 0 spiro atoms. The van der Waals surface area contributed by atoms with E-state index >= 15 is 0 Å². The van der Waals surface area contributed by atoms with Crippen LogP contribution in [0.5, 0.6) is 0 Å². The molecule has 1 saturated heterocycles. The van der Waals surface area contributed by atoms with Crippen LogP contribution in [-0.4, -0.2) is 34.7 Å². The van der Waals surface area contributed by atoms with Crippen molar-refractivity contribution in [1.82, 2.24) is 10.1 Å². The van der Waals surface area contributed by atoms with Gasteiger partial charge in [0.15, 0.2) is 11.7 Å². The fourth-order valence-corrected chi connectivity index (χ4v) is 1.59. The molecule has 6 nitrogen and oxygen atoms in total. The van der Waals surface area contributed by atoms with Crippen molar-refractivity contribution in [1.29, 1.82) is 0 Å². The molecule has 0 aliphatic carbocycles. The van der Waals surface area contributed by atoms with Gasteiger partial charge in [-0.15, -0.1) is 0 Å². The molecule has 1 aliphatic heterocycles.